The second kappa shape index (κ2) is 24.7. The summed E-state index contributed by atoms with van der Waals surface area (Å²) in [5.41, 5.74) is 2.84. The van der Waals surface area contributed by atoms with E-state index in [1.165, 1.54) is 165 Å². The van der Waals surface area contributed by atoms with Crippen molar-refractivity contribution in [3.05, 3.63) is 90.0 Å². The molecule has 2 heteroatoms. The molecule has 0 N–H and O–H groups in total. The Balaban J connectivity index is 1.51. The van der Waals surface area contributed by atoms with Crippen molar-refractivity contribution in [2.45, 2.75) is 193 Å². The monoisotopic (exact) mass is 641 g/mol. The zero-order valence-electron chi connectivity index (χ0n) is 31.1. The van der Waals surface area contributed by atoms with Crippen molar-refractivity contribution in [2.75, 3.05) is 0 Å². The highest BCUT2D eigenvalue weighted by atomic mass is 15.1. The molecular formula is C45H72N2. The molecule has 1 heterocycles. The summed E-state index contributed by atoms with van der Waals surface area (Å²) in [6.45, 7) is 8.22. The lowest BCUT2D eigenvalue weighted by atomic mass is 9.66. The topological polar surface area (TPSA) is 17.8 Å². The van der Waals surface area contributed by atoms with Gasteiger partial charge >= 0.3 is 0 Å². The Kier molecular flexibility index (Phi) is 20.6. The zero-order valence-corrected chi connectivity index (χ0v) is 31.1. The van der Waals surface area contributed by atoms with Crippen molar-refractivity contribution < 1.29 is 0 Å². The Morgan fingerprint density at radius 2 is 1.00 bits per heavy atom. The highest BCUT2D eigenvalue weighted by Crippen LogP contribution is 2.44. The van der Waals surface area contributed by atoms with Crippen LogP contribution >= 0.6 is 0 Å². The summed E-state index contributed by atoms with van der Waals surface area (Å²) < 4.78 is 2.51. The first kappa shape index (κ1) is 39.1. The Bertz CT molecular complexity index is 1120. The third-order valence-electron chi connectivity index (χ3n) is 10.8. The number of hydrogen-bond acceptors (Lipinski definition) is 1. The number of imidazole rings is 1. The molecule has 0 aliphatic heterocycles. The van der Waals surface area contributed by atoms with Crippen molar-refractivity contribution in [3.8, 4) is 0 Å². The first-order valence-electron chi connectivity index (χ1n) is 20.3. The molecule has 0 fully saturated rings. The summed E-state index contributed by atoms with van der Waals surface area (Å²) in [7, 11) is 0. The largest absolute Gasteiger partial charge is 0.335 e. The molecule has 0 radical (unpaired) electrons. The number of aromatic nitrogens is 2. The van der Waals surface area contributed by atoms with Crippen molar-refractivity contribution in [2.24, 2.45) is 0 Å². The quantitative estimate of drug-likeness (QED) is 0.0690. The lowest BCUT2D eigenvalue weighted by molar-refractivity contribution is 0.321. The molecule has 3 rings (SSSR count). The molecule has 262 valence electrons. The van der Waals surface area contributed by atoms with E-state index < -0.39 is 0 Å². The predicted octanol–water partition coefficient (Wildman–Crippen LogP) is 14.2. The van der Waals surface area contributed by atoms with Gasteiger partial charge in [-0.2, -0.15) is 0 Å². The molecule has 3 aromatic rings. The Morgan fingerprint density at radius 1 is 0.553 bits per heavy atom. The van der Waals surface area contributed by atoms with Crippen LogP contribution in [0, 0.1) is 0 Å². The van der Waals surface area contributed by atoms with Gasteiger partial charge in [-0.15, -0.1) is 0 Å². The van der Waals surface area contributed by atoms with Gasteiger partial charge in [0, 0.05) is 30.3 Å². The van der Waals surface area contributed by atoms with Crippen LogP contribution in [0.4, 0.5) is 0 Å². The normalized spacial score (nSPS) is 13.5. The minimum Gasteiger partial charge on any atom is -0.335 e. The van der Waals surface area contributed by atoms with E-state index in [1.807, 2.05) is 0 Å². The van der Waals surface area contributed by atoms with E-state index in [-0.39, 0.29) is 5.41 Å². The molecule has 2 aromatic carbocycles. The molecule has 2 nitrogen and oxygen atoms in total. The molecule has 0 saturated heterocycles. The van der Waals surface area contributed by atoms with Crippen LogP contribution in [-0.4, -0.2) is 9.55 Å². The summed E-state index contributed by atoms with van der Waals surface area (Å²) in [6, 6.07) is 22.5. The molecule has 2 atom stereocenters. The van der Waals surface area contributed by atoms with E-state index in [9.17, 15) is 0 Å². The van der Waals surface area contributed by atoms with Crippen LogP contribution in [0.2, 0.25) is 0 Å². The highest BCUT2D eigenvalue weighted by Gasteiger charge is 2.39. The number of hydrogen-bond donors (Lipinski definition) is 0. The van der Waals surface area contributed by atoms with Crippen LogP contribution in [0.5, 0.6) is 0 Å². The number of aryl methyl sites for hydroxylation is 1. The fraction of sp³-hybridized carbons (Fsp3) is 0.667. The standard InChI is InChI=1S/C45H72N2/c1-4-6-8-10-11-12-13-14-15-16-17-18-19-20-21-22-30-36-43(44-46-37-39-47(44)38-31-23-9-7-5-2)45(3,42-34-28-25-29-35-42)40-41-32-26-24-27-33-41/h24-29,32-35,37,39,43H,4-23,30-31,36,38,40H2,1-3H3. The molecule has 0 bridgehead atoms. The highest BCUT2D eigenvalue weighted by molar-refractivity contribution is 5.33. The first-order chi connectivity index (χ1) is 23.2. The fourth-order valence-corrected chi connectivity index (χ4v) is 7.78. The second-order valence-electron chi connectivity index (χ2n) is 14.8. The number of benzene rings is 2. The summed E-state index contributed by atoms with van der Waals surface area (Å²) in [6.07, 6.45) is 37.2. The lowest BCUT2D eigenvalue weighted by Crippen LogP contribution is -2.35. The summed E-state index contributed by atoms with van der Waals surface area (Å²) in [4.78, 5) is 5.12. The average Bonchev–Trinajstić information content (AvgIpc) is 3.56. The van der Waals surface area contributed by atoms with Crippen LogP contribution in [0.3, 0.4) is 0 Å². The van der Waals surface area contributed by atoms with Crippen molar-refractivity contribution in [1.29, 1.82) is 0 Å². The Hall–Kier alpha value is -2.35. The molecule has 0 amide bonds. The number of rotatable bonds is 29. The van der Waals surface area contributed by atoms with Gasteiger partial charge in [0.25, 0.3) is 0 Å². The minimum absolute atomic E-state index is 0.0248. The summed E-state index contributed by atoms with van der Waals surface area (Å²) in [5.74, 6) is 1.69. The predicted molar refractivity (Wildman–Crippen MR) is 206 cm³/mol. The molecule has 0 saturated carbocycles. The maximum Gasteiger partial charge on any atom is 0.112 e. The number of unbranched alkanes of at least 4 members (excludes halogenated alkanes) is 20. The van der Waals surface area contributed by atoms with Gasteiger partial charge in [-0.05, 0) is 30.4 Å². The molecular weight excluding hydrogens is 569 g/mol. The van der Waals surface area contributed by atoms with Crippen LogP contribution in [0.1, 0.15) is 191 Å². The van der Waals surface area contributed by atoms with Crippen molar-refractivity contribution in [3.63, 3.8) is 0 Å². The van der Waals surface area contributed by atoms with Crippen LogP contribution in [0.25, 0.3) is 0 Å². The molecule has 2 unspecified atom stereocenters. The van der Waals surface area contributed by atoms with E-state index in [1.54, 1.807) is 0 Å². The molecule has 0 aliphatic rings. The summed E-state index contributed by atoms with van der Waals surface area (Å²) >= 11 is 0. The molecule has 0 aliphatic carbocycles. The molecule has 1 aromatic heterocycles. The molecule has 47 heavy (non-hydrogen) atoms. The average molecular weight is 641 g/mol. The fourth-order valence-electron chi connectivity index (χ4n) is 7.78. The van der Waals surface area contributed by atoms with Gasteiger partial charge in [-0.3, -0.25) is 0 Å². The first-order valence-corrected chi connectivity index (χ1v) is 20.3. The van der Waals surface area contributed by atoms with Gasteiger partial charge in [0.05, 0.1) is 0 Å². The van der Waals surface area contributed by atoms with Gasteiger partial charge in [0.1, 0.15) is 5.82 Å². The summed E-state index contributed by atoms with van der Waals surface area (Å²) in [5, 5.41) is 0. The Labute approximate surface area is 291 Å². The molecule has 0 spiro atoms. The minimum atomic E-state index is -0.0248. The van der Waals surface area contributed by atoms with Gasteiger partial charge in [0.2, 0.25) is 0 Å². The van der Waals surface area contributed by atoms with Crippen LogP contribution in [0.15, 0.2) is 73.1 Å². The van der Waals surface area contributed by atoms with Gasteiger partial charge in [-0.25, -0.2) is 4.98 Å². The van der Waals surface area contributed by atoms with Crippen molar-refractivity contribution >= 4 is 0 Å². The van der Waals surface area contributed by atoms with E-state index in [4.69, 9.17) is 4.98 Å². The van der Waals surface area contributed by atoms with Crippen LogP contribution < -0.4 is 0 Å². The van der Waals surface area contributed by atoms with Gasteiger partial charge < -0.3 is 4.57 Å². The SMILES string of the molecule is CCCCCCCCCCCCCCCCCCCC(c1nccn1CCCCCCC)C(C)(Cc1ccccc1)c1ccccc1. The second-order valence-corrected chi connectivity index (χ2v) is 14.8. The lowest BCUT2D eigenvalue weighted by Gasteiger charge is -2.39. The van der Waals surface area contributed by atoms with Crippen molar-refractivity contribution in [1.82, 2.24) is 9.55 Å². The Morgan fingerprint density at radius 3 is 1.51 bits per heavy atom. The maximum atomic E-state index is 5.12. The van der Waals surface area contributed by atoms with E-state index in [0.29, 0.717) is 5.92 Å². The van der Waals surface area contributed by atoms with Crippen LogP contribution in [-0.2, 0) is 18.4 Å². The number of nitrogens with zero attached hydrogens (tertiary/aromatic N) is 2. The third-order valence-corrected chi connectivity index (χ3v) is 10.8. The van der Waals surface area contributed by atoms with E-state index in [0.717, 1.165) is 13.0 Å². The smallest absolute Gasteiger partial charge is 0.112 e. The maximum absolute atomic E-state index is 5.12. The van der Waals surface area contributed by atoms with Gasteiger partial charge in [-0.1, -0.05) is 216 Å². The van der Waals surface area contributed by atoms with Gasteiger partial charge in [0.15, 0.2) is 0 Å². The van der Waals surface area contributed by atoms with E-state index in [2.05, 4.69) is 98.4 Å². The zero-order chi connectivity index (χ0) is 33.3. The third kappa shape index (κ3) is 15.2. The van der Waals surface area contributed by atoms with E-state index >= 15 is 0 Å².